The Morgan fingerprint density at radius 2 is 2.14 bits per heavy atom. The minimum Gasteiger partial charge on any atom is -0.351 e. The molecule has 0 saturated carbocycles. The van der Waals surface area contributed by atoms with E-state index in [1.54, 1.807) is 6.07 Å². The van der Waals surface area contributed by atoms with Gasteiger partial charge < -0.3 is 9.88 Å². The Labute approximate surface area is 124 Å². The number of hydrogen-bond acceptors (Lipinski definition) is 5. The van der Waals surface area contributed by atoms with Crippen LogP contribution in [0.3, 0.4) is 0 Å². The van der Waals surface area contributed by atoms with Crippen molar-refractivity contribution in [2.75, 3.05) is 11.4 Å². The maximum Gasteiger partial charge on any atom is 0.255 e. The van der Waals surface area contributed by atoms with Gasteiger partial charge in [0.1, 0.15) is 18.0 Å². The van der Waals surface area contributed by atoms with E-state index in [0.29, 0.717) is 36.4 Å². The summed E-state index contributed by atoms with van der Waals surface area (Å²) in [7, 11) is 0. The maximum atomic E-state index is 13.3. The average molecular weight is 297 g/mol. The summed E-state index contributed by atoms with van der Waals surface area (Å²) in [5.74, 6) is 0.376. The van der Waals surface area contributed by atoms with Crippen molar-refractivity contribution in [1.82, 2.24) is 19.9 Å². The van der Waals surface area contributed by atoms with E-state index in [2.05, 4.69) is 19.9 Å². The second-order valence-corrected chi connectivity index (χ2v) is 5.19. The topological polar surface area (TPSA) is 74.8 Å². The Balaban J connectivity index is 1.81. The summed E-state index contributed by atoms with van der Waals surface area (Å²) < 4.78 is 13.3. The first kappa shape index (κ1) is 12.9. The van der Waals surface area contributed by atoms with Crippen LogP contribution >= 0.6 is 0 Å². The predicted molar refractivity (Wildman–Crippen MR) is 79.1 cm³/mol. The predicted octanol–water partition coefficient (Wildman–Crippen LogP) is 1.41. The van der Waals surface area contributed by atoms with E-state index in [9.17, 15) is 9.18 Å². The summed E-state index contributed by atoms with van der Waals surface area (Å²) in [6.45, 7) is 1.13. The summed E-state index contributed by atoms with van der Waals surface area (Å²) in [4.78, 5) is 29.2. The van der Waals surface area contributed by atoms with Crippen LogP contribution in [-0.4, -0.2) is 26.5 Å². The lowest BCUT2D eigenvalue weighted by atomic mass is 10.1. The number of halogens is 1. The number of hydrogen-bond donors (Lipinski definition) is 1. The third kappa shape index (κ3) is 2.02. The van der Waals surface area contributed by atoms with Gasteiger partial charge in [-0.3, -0.25) is 4.79 Å². The van der Waals surface area contributed by atoms with Crippen molar-refractivity contribution in [3.8, 4) is 0 Å². The van der Waals surface area contributed by atoms with Gasteiger partial charge in [-0.1, -0.05) is 0 Å². The summed E-state index contributed by atoms with van der Waals surface area (Å²) >= 11 is 0. The summed E-state index contributed by atoms with van der Waals surface area (Å²) in [5, 5.41) is 0.771. The lowest BCUT2D eigenvalue weighted by Crippen LogP contribution is -2.36. The Hall–Kier alpha value is -2.83. The highest BCUT2D eigenvalue weighted by Gasteiger charge is 2.22. The van der Waals surface area contributed by atoms with E-state index >= 15 is 0 Å². The molecule has 0 atom stereocenters. The fourth-order valence-electron chi connectivity index (χ4n) is 2.80. The second-order valence-electron chi connectivity index (χ2n) is 5.19. The van der Waals surface area contributed by atoms with Crippen molar-refractivity contribution < 1.29 is 4.39 Å². The number of anilines is 1. The quantitative estimate of drug-likeness (QED) is 0.735. The van der Waals surface area contributed by atoms with Crippen LogP contribution in [0, 0.1) is 5.82 Å². The number of benzene rings is 1. The highest BCUT2D eigenvalue weighted by atomic mass is 19.1. The van der Waals surface area contributed by atoms with Crippen molar-refractivity contribution in [2.45, 2.75) is 13.0 Å². The van der Waals surface area contributed by atoms with Gasteiger partial charge in [0.15, 0.2) is 0 Å². The minimum absolute atomic E-state index is 0.126. The number of nitrogens with zero attached hydrogens (tertiary/aromatic N) is 4. The molecule has 7 heteroatoms. The fraction of sp³-hybridized carbons (Fsp3) is 0.200. The highest BCUT2D eigenvalue weighted by Crippen LogP contribution is 2.26. The van der Waals surface area contributed by atoms with Crippen molar-refractivity contribution in [2.24, 2.45) is 0 Å². The molecule has 0 spiro atoms. The molecule has 0 amide bonds. The summed E-state index contributed by atoms with van der Waals surface area (Å²) in [6.07, 6.45) is 3.52. The molecule has 0 bridgehead atoms. The molecule has 22 heavy (non-hydrogen) atoms. The standard InChI is InChI=1S/C15H12FN5O/c16-9-1-2-10-13(5-9)18-7-19-14(10)21-4-3-12-11(6-21)15(22)20-8-17-12/h1-2,5,7-8H,3-4,6H2,(H,17,20,22). The second kappa shape index (κ2) is 4.87. The van der Waals surface area contributed by atoms with Gasteiger partial charge in [0.2, 0.25) is 0 Å². The van der Waals surface area contributed by atoms with Crippen molar-refractivity contribution in [1.29, 1.82) is 0 Å². The van der Waals surface area contributed by atoms with Crippen LogP contribution in [0.2, 0.25) is 0 Å². The van der Waals surface area contributed by atoms with Crippen LogP contribution in [0.1, 0.15) is 11.3 Å². The van der Waals surface area contributed by atoms with Gasteiger partial charge in [0, 0.05) is 24.4 Å². The number of rotatable bonds is 1. The van der Waals surface area contributed by atoms with E-state index in [1.165, 1.54) is 24.8 Å². The number of fused-ring (bicyclic) bond motifs is 2. The average Bonchev–Trinajstić information content (AvgIpc) is 2.54. The van der Waals surface area contributed by atoms with Gasteiger partial charge in [-0.05, 0) is 12.1 Å². The lowest BCUT2D eigenvalue weighted by Gasteiger charge is -2.29. The molecule has 1 N–H and O–H groups in total. The Kier molecular flexibility index (Phi) is 2.85. The van der Waals surface area contributed by atoms with Gasteiger partial charge in [0.05, 0.1) is 29.6 Å². The molecule has 0 saturated heterocycles. The van der Waals surface area contributed by atoms with Crippen molar-refractivity contribution in [3.05, 3.63) is 58.3 Å². The lowest BCUT2D eigenvalue weighted by molar-refractivity contribution is 0.629. The van der Waals surface area contributed by atoms with Gasteiger partial charge >= 0.3 is 0 Å². The van der Waals surface area contributed by atoms with Crippen LogP contribution < -0.4 is 10.5 Å². The van der Waals surface area contributed by atoms with E-state index in [1.807, 2.05) is 4.90 Å². The van der Waals surface area contributed by atoms with Gasteiger partial charge in [-0.25, -0.2) is 19.3 Å². The molecule has 0 radical (unpaired) electrons. The Bertz CT molecular complexity index is 923. The normalized spacial score (nSPS) is 14.1. The minimum atomic E-state index is -0.332. The summed E-state index contributed by atoms with van der Waals surface area (Å²) in [6, 6.07) is 4.44. The number of aromatic amines is 1. The van der Waals surface area contributed by atoms with E-state index in [4.69, 9.17) is 0 Å². The monoisotopic (exact) mass is 297 g/mol. The molecule has 1 aromatic carbocycles. The van der Waals surface area contributed by atoms with Gasteiger partial charge in [-0.15, -0.1) is 0 Å². The number of aromatic nitrogens is 4. The molecule has 6 nitrogen and oxygen atoms in total. The molecule has 0 fully saturated rings. The first-order valence-electron chi connectivity index (χ1n) is 6.93. The van der Waals surface area contributed by atoms with Crippen LogP contribution in [0.5, 0.6) is 0 Å². The zero-order valence-corrected chi connectivity index (χ0v) is 11.6. The first-order chi connectivity index (χ1) is 10.7. The molecule has 3 heterocycles. The van der Waals surface area contributed by atoms with Crippen LogP contribution in [0.4, 0.5) is 10.2 Å². The smallest absolute Gasteiger partial charge is 0.255 e. The molecule has 1 aliphatic heterocycles. The van der Waals surface area contributed by atoms with E-state index < -0.39 is 0 Å². The van der Waals surface area contributed by atoms with Crippen molar-refractivity contribution in [3.63, 3.8) is 0 Å². The molecule has 2 aromatic heterocycles. The SMILES string of the molecule is O=c1[nH]cnc2c1CN(c1ncnc3cc(F)ccc13)CC2. The molecule has 1 aliphatic rings. The van der Waals surface area contributed by atoms with Crippen LogP contribution in [0.25, 0.3) is 10.9 Å². The van der Waals surface area contributed by atoms with Crippen LogP contribution in [-0.2, 0) is 13.0 Å². The zero-order chi connectivity index (χ0) is 15.1. The van der Waals surface area contributed by atoms with E-state index in [0.717, 1.165) is 11.1 Å². The molecule has 0 unspecified atom stereocenters. The van der Waals surface area contributed by atoms with E-state index in [-0.39, 0.29) is 11.4 Å². The first-order valence-corrected chi connectivity index (χ1v) is 6.93. The third-order valence-electron chi connectivity index (χ3n) is 3.88. The molecule has 0 aliphatic carbocycles. The zero-order valence-electron chi connectivity index (χ0n) is 11.6. The fourth-order valence-corrected chi connectivity index (χ4v) is 2.80. The highest BCUT2D eigenvalue weighted by molar-refractivity contribution is 5.89. The molecule has 4 rings (SSSR count). The maximum absolute atomic E-state index is 13.3. The van der Waals surface area contributed by atoms with Crippen LogP contribution in [0.15, 0.2) is 35.6 Å². The number of H-pyrrole nitrogens is 1. The molecule has 3 aromatic rings. The van der Waals surface area contributed by atoms with Crippen molar-refractivity contribution >= 4 is 16.7 Å². The van der Waals surface area contributed by atoms with Gasteiger partial charge in [0.25, 0.3) is 5.56 Å². The molecule has 110 valence electrons. The summed E-state index contributed by atoms with van der Waals surface area (Å²) in [5.41, 5.74) is 1.90. The van der Waals surface area contributed by atoms with Gasteiger partial charge in [-0.2, -0.15) is 0 Å². The Morgan fingerprint density at radius 1 is 1.23 bits per heavy atom. The third-order valence-corrected chi connectivity index (χ3v) is 3.88. The number of nitrogens with one attached hydrogen (secondary N) is 1. The largest absolute Gasteiger partial charge is 0.351 e. The molecular formula is C15H12FN5O. The Morgan fingerprint density at radius 3 is 3.05 bits per heavy atom. The molecular weight excluding hydrogens is 285 g/mol.